The summed E-state index contributed by atoms with van der Waals surface area (Å²) in [6.45, 7) is 2.44. The standard InChI is InChI=1S/C14H19NO4S/c1-9-2-3-10-11(8-20-12(10)6-9)14(18)15-4-5-19-7-13(16)17/h8-9H,2-7H2,1H3,(H,15,18)(H,16,17). The van der Waals surface area contributed by atoms with E-state index in [1.54, 1.807) is 11.3 Å². The molecule has 0 bridgehead atoms. The Balaban J connectivity index is 1.83. The van der Waals surface area contributed by atoms with E-state index < -0.39 is 5.97 Å². The summed E-state index contributed by atoms with van der Waals surface area (Å²) in [7, 11) is 0. The molecule has 0 saturated heterocycles. The van der Waals surface area contributed by atoms with E-state index in [0.29, 0.717) is 12.5 Å². The second-order valence-corrected chi connectivity index (χ2v) is 6.07. The molecule has 1 aromatic heterocycles. The summed E-state index contributed by atoms with van der Waals surface area (Å²) in [5, 5.41) is 13.1. The first-order valence-corrected chi connectivity index (χ1v) is 7.63. The molecule has 1 amide bonds. The van der Waals surface area contributed by atoms with Crippen molar-refractivity contribution >= 4 is 23.2 Å². The minimum Gasteiger partial charge on any atom is -0.480 e. The first-order valence-electron chi connectivity index (χ1n) is 6.75. The number of ether oxygens (including phenoxy) is 1. The predicted octanol–water partition coefficient (Wildman–Crippen LogP) is 1.70. The molecule has 5 nitrogen and oxygen atoms in total. The zero-order chi connectivity index (χ0) is 14.5. The molecule has 1 aromatic rings. The Bertz CT molecular complexity index is 497. The van der Waals surface area contributed by atoms with Gasteiger partial charge >= 0.3 is 5.97 Å². The summed E-state index contributed by atoms with van der Waals surface area (Å²) >= 11 is 1.66. The lowest BCUT2D eigenvalue weighted by molar-refractivity contribution is -0.142. The van der Waals surface area contributed by atoms with Gasteiger partial charge in [0.05, 0.1) is 12.2 Å². The van der Waals surface area contributed by atoms with E-state index in [9.17, 15) is 9.59 Å². The van der Waals surface area contributed by atoms with E-state index in [-0.39, 0.29) is 19.1 Å². The van der Waals surface area contributed by atoms with Crippen molar-refractivity contribution in [3.05, 3.63) is 21.4 Å². The van der Waals surface area contributed by atoms with Crippen molar-refractivity contribution in [2.45, 2.75) is 26.2 Å². The average molecular weight is 297 g/mol. The number of amides is 1. The maximum atomic E-state index is 12.1. The fourth-order valence-corrected chi connectivity index (χ4v) is 3.60. The molecule has 0 radical (unpaired) electrons. The molecule has 1 atom stereocenters. The number of rotatable bonds is 6. The van der Waals surface area contributed by atoms with Crippen LogP contribution in [-0.4, -0.2) is 36.7 Å². The van der Waals surface area contributed by atoms with Gasteiger partial charge in [0.2, 0.25) is 0 Å². The second-order valence-electron chi connectivity index (χ2n) is 5.10. The van der Waals surface area contributed by atoms with Crippen molar-refractivity contribution in [1.29, 1.82) is 0 Å². The van der Waals surface area contributed by atoms with Crippen molar-refractivity contribution in [3.63, 3.8) is 0 Å². The predicted molar refractivity (Wildman–Crippen MR) is 76.3 cm³/mol. The molecule has 1 unspecified atom stereocenters. The minimum atomic E-state index is -1.00. The van der Waals surface area contributed by atoms with Gasteiger partial charge in [0.25, 0.3) is 5.91 Å². The zero-order valence-corrected chi connectivity index (χ0v) is 12.3. The lowest BCUT2D eigenvalue weighted by atomic mass is 9.88. The van der Waals surface area contributed by atoms with Crippen molar-refractivity contribution in [1.82, 2.24) is 5.32 Å². The molecule has 2 N–H and O–H groups in total. The molecule has 0 spiro atoms. The molecule has 1 aliphatic rings. The highest BCUT2D eigenvalue weighted by Gasteiger charge is 2.22. The lowest BCUT2D eigenvalue weighted by Gasteiger charge is -2.18. The van der Waals surface area contributed by atoms with Crippen LogP contribution in [0.1, 0.15) is 34.1 Å². The number of hydrogen-bond acceptors (Lipinski definition) is 4. The summed E-state index contributed by atoms with van der Waals surface area (Å²) in [6.07, 6.45) is 3.17. The van der Waals surface area contributed by atoms with Crippen LogP contribution in [0.25, 0.3) is 0 Å². The maximum Gasteiger partial charge on any atom is 0.329 e. The van der Waals surface area contributed by atoms with Crippen LogP contribution in [-0.2, 0) is 22.4 Å². The van der Waals surface area contributed by atoms with Gasteiger partial charge in [-0.15, -0.1) is 11.3 Å². The van der Waals surface area contributed by atoms with Crippen LogP contribution in [0.5, 0.6) is 0 Å². The molecular weight excluding hydrogens is 278 g/mol. The van der Waals surface area contributed by atoms with Crippen LogP contribution in [0, 0.1) is 5.92 Å². The van der Waals surface area contributed by atoms with E-state index in [4.69, 9.17) is 9.84 Å². The highest BCUT2D eigenvalue weighted by atomic mass is 32.1. The van der Waals surface area contributed by atoms with E-state index in [2.05, 4.69) is 12.2 Å². The summed E-state index contributed by atoms with van der Waals surface area (Å²) in [5.74, 6) is -0.394. The highest BCUT2D eigenvalue weighted by Crippen LogP contribution is 2.32. The quantitative estimate of drug-likeness (QED) is 0.784. The molecule has 0 aromatic carbocycles. The highest BCUT2D eigenvalue weighted by molar-refractivity contribution is 7.10. The Morgan fingerprint density at radius 3 is 3.10 bits per heavy atom. The summed E-state index contributed by atoms with van der Waals surface area (Å²) in [5.41, 5.74) is 1.96. The molecule has 20 heavy (non-hydrogen) atoms. The third-order valence-corrected chi connectivity index (χ3v) is 4.45. The topological polar surface area (TPSA) is 75.6 Å². The van der Waals surface area contributed by atoms with Crippen LogP contribution >= 0.6 is 11.3 Å². The molecule has 2 rings (SSSR count). The Morgan fingerprint density at radius 2 is 2.35 bits per heavy atom. The van der Waals surface area contributed by atoms with Crippen molar-refractivity contribution in [2.24, 2.45) is 5.92 Å². The van der Waals surface area contributed by atoms with E-state index in [0.717, 1.165) is 24.8 Å². The first-order chi connectivity index (χ1) is 9.58. The summed E-state index contributed by atoms with van der Waals surface area (Å²) < 4.78 is 4.88. The number of aliphatic carboxylic acids is 1. The zero-order valence-electron chi connectivity index (χ0n) is 11.5. The van der Waals surface area contributed by atoms with Crippen LogP contribution in [0.15, 0.2) is 5.38 Å². The van der Waals surface area contributed by atoms with Gasteiger partial charge in [-0.3, -0.25) is 4.79 Å². The molecule has 110 valence electrons. The number of carbonyl (C=O) groups excluding carboxylic acids is 1. The first kappa shape index (κ1) is 15.0. The number of carbonyl (C=O) groups is 2. The smallest absolute Gasteiger partial charge is 0.329 e. The Kier molecular flexibility index (Phi) is 5.14. The van der Waals surface area contributed by atoms with Gasteiger partial charge < -0.3 is 15.2 Å². The molecule has 0 saturated carbocycles. The second kappa shape index (κ2) is 6.85. The molecular formula is C14H19NO4S. The normalized spacial score (nSPS) is 17.6. The van der Waals surface area contributed by atoms with E-state index in [1.807, 2.05) is 5.38 Å². The number of carboxylic acid groups (broad SMARTS) is 1. The van der Waals surface area contributed by atoms with Gasteiger partial charge in [-0.05, 0) is 30.7 Å². The fraction of sp³-hybridized carbons (Fsp3) is 0.571. The molecule has 6 heteroatoms. The Labute approximate surface area is 121 Å². The van der Waals surface area contributed by atoms with Crippen LogP contribution < -0.4 is 5.32 Å². The Hall–Kier alpha value is -1.40. The molecule has 1 aliphatic carbocycles. The van der Waals surface area contributed by atoms with Gasteiger partial charge in [-0.25, -0.2) is 4.79 Å². The summed E-state index contributed by atoms with van der Waals surface area (Å²) in [4.78, 5) is 23.7. The van der Waals surface area contributed by atoms with Crippen molar-refractivity contribution in [2.75, 3.05) is 19.8 Å². The van der Waals surface area contributed by atoms with Gasteiger partial charge in [0.1, 0.15) is 6.61 Å². The lowest BCUT2D eigenvalue weighted by Crippen LogP contribution is -2.28. The molecule has 0 aliphatic heterocycles. The van der Waals surface area contributed by atoms with Gasteiger partial charge in [-0.2, -0.15) is 0 Å². The minimum absolute atomic E-state index is 0.0871. The van der Waals surface area contributed by atoms with Gasteiger partial charge in [0, 0.05) is 16.8 Å². The van der Waals surface area contributed by atoms with Gasteiger partial charge in [-0.1, -0.05) is 6.92 Å². The average Bonchev–Trinajstić information content (AvgIpc) is 2.80. The van der Waals surface area contributed by atoms with E-state index in [1.165, 1.54) is 10.4 Å². The van der Waals surface area contributed by atoms with Crippen LogP contribution in [0.4, 0.5) is 0 Å². The number of thiophene rings is 1. The number of carboxylic acids is 1. The number of fused-ring (bicyclic) bond motifs is 1. The van der Waals surface area contributed by atoms with Crippen LogP contribution in [0.2, 0.25) is 0 Å². The third kappa shape index (κ3) is 3.80. The fourth-order valence-electron chi connectivity index (χ4n) is 2.36. The van der Waals surface area contributed by atoms with E-state index >= 15 is 0 Å². The number of nitrogens with one attached hydrogen (secondary N) is 1. The monoisotopic (exact) mass is 297 g/mol. The molecule has 0 fully saturated rings. The van der Waals surface area contributed by atoms with Crippen LogP contribution in [0.3, 0.4) is 0 Å². The van der Waals surface area contributed by atoms with Crippen molar-refractivity contribution < 1.29 is 19.4 Å². The summed E-state index contributed by atoms with van der Waals surface area (Å²) in [6, 6.07) is 0. The van der Waals surface area contributed by atoms with Crippen molar-refractivity contribution in [3.8, 4) is 0 Å². The Morgan fingerprint density at radius 1 is 1.55 bits per heavy atom. The largest absolute Gasteiger partial charge is 0.480 e. The maximum absolute atomic E-state index is 12.1. The SMILES string of the molecule is CC1CCc2c(C(=O)NCCOCC(=O)O)csc2C1. The molecule has 1 heterocycles. The third-order valence-electron chi connectivity index (χ3n) is 3.40. The van der Waals surface area contributed by atoms with Gasteiger partial charge in [0.15, 0.2) is 0 Å². The number of hydrogen-bond donors (Lipinski definition) is 2.